The van der Waals surface area contributed by atoms with Crippen LogP contribution in [-0.4, -0.2) is 70.7 Å². The summed E-state index contributed by atoms with van der Waals surface area (Å²) in [5.41, 5.74) is 3.05. The predicted molar refractivity (Wildman–Crippen MR) is 137 cm³/mol. The number of allylic oxidation sites excluding steroid dienone is 1. The van der Waals surface area contributed by atoms with Gasteiger partial charge in [-0.15, -0.1) is 0 Å². The molecule has 1 aromatic heterocycles. The zero-order chi connectivity index (χ0) is 25.4. The Labute approximate surface area is 210 Å². The highest BCUT2D eigenvalue weighted by Crippen LogP contribution is 2.31. The molecule has 4 rings (SSSR count). The van der Waals surface area contributed by atoms with Crippen molar-refractivity contribution in [3.8, 4) is 0 Å². The number of halogens is 2. The third-order valence-corrected chi connectivity index (χ3v) is 6.96. The molecule has 0 bridgehead atoms. The molecule has 1 aliphatic rings. The summed E-state index contributed by atoms with van der Waals surface area (Å²) in [6, 6.07) is 9.95. The lowest BCUT2D eigenvalue weighted by Crippen LogP contribution is -2.53. The lowest BCUT2D eigenvalue weighted by Gasteiger charge is -2.40. The van der Waals surface area contributed by atoms with E-state index in [4.69, 9.17) is 11.6 Å². The SMILES string of the molecule is C=C(C(=O)c1cn(C)c2cc(Cl)c(C(=O)N3CCN(Cc4ccc(F)cc4)CC3C)cc12)N(C)C. The number of aryl methyl sites for hydroxylation is 1. The maximum absolute atomic E-state index is 13.6. The summed E-state index contributed by atoms with van der Waals surface area (Å²) in [6.07, 6.45) is 1.75. The molecule has 1 atom stereocenters. The van der Waals surface area contributed by atoms with Crippen molar-refractivity contribution < 1.29 is 14.0 Å². The van der Waals surface area contributed by atoms with E-state index in [0.717, 1.165) is 11.1 Å². The van der Waals surface area contributed by atoms with Crippen LogP contribution in [0.25, 0.3) is 10.9 Å². The van der Waals surface area contributed by atoms with Crippen LogP contribution in [0.5, 0.6) is 0 Å². The van der Waals surface area contributed by atoms with E-state index in [0.29, 0.717) is 53.4 Å². The van der Waals surface area contributed by atoms with Crippen LogP contribution in [0.4, 0.5) is 4.39 Å². The van der Waals surface area contributed by atoms with Crippen LogP contribution >= 0.6 is 11.6 Å². The highest BCUT2D eigenvalue weighted by molar-refractivity contribution is 6.35. The maximum Gasteiger partial charge on any atom is 0.255 e. The zero-order valence-electron chi connectivity index (χ0n) is 20.5. The second-order valence-electron chi connectivity index (χ2n) is 9.38. The number of Topliss-reactive ketones (excluding diaryl/α,β-unsaturated/α-hetero) is 1. The first-order chi connectivity index (χ1) is 16.6. The molecule has 1 fully saturated rings. The van der Waals surface area contributed by atoms with Gasteiger partial charge in [0.05, 0.1) is 21.8 Å². The fourth-order valence-electron chi connectivity index (χ4n) is 4.59. The van der Waals surface area contributed by atoms with E-state index in [9.17, 15) is 14.0 Å². The summed E-state index contributed by atoms with van der Waals surface area (Å²) in [5.74, 6) is -0.593. The molecule has 1 unspecified atom stereocenters. The third kappa shape index (κ3) is 4.97. The van der Waals surface area contributed by atoms with Gasteiger partial charge in [-0.2, -0.15) is 0 Å². The molecule has 2 aromatic carbocycles. The summed E-state index contributed by atoms with van der Waals surface area (Å²) in [6.45, 7) is 8.55. The van der Waals surface area contributed by atoms with Crippen LogP contribution in [0.3, 0.4) is 0 Å². The van der Waals surface area contributed by atoms with Crippen LogP contribution in [-0.2, 0) is 13.6 Å². The average Bonchev–Trinajstić information content (AvgIpc) is 3.14. The minimum absolute atomic E-state index is 0.0335. The fraction of sp³-hybridized carbons (Fsp3) is 0.333. The van der Waals surface area contributed by atoms with Crippen LogP contribution in [0.1, 0.15) is 33.2 Å². The van der Waals surface area contributed by atoms with Crippen LogP contribution in [0.15, 0.2) is 54.9 Å². The molecule has 0 saturated carbocycles. The summed E-state index contributed by atoms with van der Waals surface area (Å²) < 4.78 is 15.0. The molecule has 35 heavy (non-hydrogen) atoms. The number of rotatable bonds is 6. The minimum atomic E-state index is -0.249. The number of nitrogens with zero attached hydrogens (tertiary/aromatic N) is 4. The number of carbonyl (C=O) groups excluding carboxylic acids is 2. The average molecular weight is 497 g/mol. The monoisotopic (exact) mass is 496 g/mol. The van der Waals surface area contributed by atoms with Crippen LogP contribution < -0.4 is 0 Å². The Balaban J connectivity index is 1.57. The molecule has 1 saturated heterocycles. The van der Waals surface area contributed by atoms with Gasteiger partial charge in [-0.1, -0.05) is 30.3 Å². The summed E-state index contributed by atoms with van der Waals surface area (Å²) in [7, 11) is 5.39. The van der Waals surface area contributed by atoms with Gasteiger partial charge < -0.3 is 14.4 Å². The van der Waals surface area contributed by atoms with Crippen molar-refractivity contribution in [2.45, 2.75) is 19.5 Å². The van der Waals surface area contributed by atoms with Gasteiger partial charge in [0, 0.05) is 70.5 Å². The largest absolute Gasteiger partial charge is 0.375 e. The molecule has 184 valence electrons. The first kappa shape index (κ1) is 24.9. The summed E-state index contributed by atoms with van der Waals surface area (Å²) in [5, 5.41) is 1.03. The number of hydrogen-bond donors (Lipinski definition) is 0. The van der Waals surface area contributed by atoms with Crippen molar-refractivity contribution in [1.82, 2.24) is 19.3 Å². The van der Waals surface area contributed by atoms with Gasteiger partial charge in [-0.25, -0.2) is 4.39 Å². The van der Waals surface area contributed by atoms with Crippen molar-refractivity contribution in [3.63, 3.8) is 0 Å². The number of amides is 1. The van der Waals surface area contributed by atoms with Gasteiger partial charge in [0.1, 0.15) is 5.82 Å². The van der Waals surface area contributed by atoms with Crippen molar-refractivity contribution >= 4 is 34.2 Å². The highest BCUT2D eigenvalue weighted by Gasteiger charge is 2.30. The van der Waals surface area contributed by atoms with Gasteiger partial charge >= 0.3 is 0 Å². The molecule has 1 amide bonds. The summed E-state index contributed by atoms with van der Waals surface area (Å²) >= 11 is 6.57. The van der Waals surface area contributed by atoms with E-state index in [1.807, 2.05) is 23.4 Å². The van der Waals surface area contributed by atoms with Crippen LogP contribution in [0, 0.1) is 5.82 Å². The Morgan fingerprint density at radius 3 is 2.46 bits per heavy atom. The van der Waals surface area contributed by atoms with E-state index in [1.165, 1.54) is 12.1 Å². The van der Waals surface area contributed by atoms with Gasteiger partial charge in [0.2, 0.25) is 5.78 Å². The number of fused-ring (bicyclic) bond motifs is 1. The lowest BCUT2D eigenvalue weighted by atomic mass is 10.0. The molecular weight excluding hydrogens is 467 g/mol. The lowest BCUT2D eigenvalue weighted by molar-refractivity contribution is 0.0475. The Kier molecular flexibility index (Phi) is 7.01. The fourth-order valence-corrected chi connectivity index (χ4v) is 4.83. The smallest absolute Gasteiger partial charge is 0.255 e. The second kappa shape index (κ2) is 9.84. The molecule has 0 aliphatic carbocycles. The standard InChI is InChI=1S/C27H30ClFN4O2/c1-17-14-32(15-19-6-8-20(29)9-7-19)10-11-33(17)27(35)22-12-21-23(26(34)18(2)30(3)4)16-31(5)25(21)13-24(22)28/h6-9,12-13,16-17H,2,10-11,14-15H2,1,3-5H3. The molecule has 0 spiro atoms. The first-order valence-corrected chi connectivity index (χ1v) is 11.9. The Hall–Kier alpha value is -3.16. The molecule has 2 heterocycles. The molecule has 3 aromatic rings. The molecular formula is C27H30ClFN4O2. The van der Waals surface area contributed by atoms with E-state index >= 15 is 0 Å². The topological polar surface area (TPSA) is 48.8 Å². The number of hydrogen-bond acceptors (Lipinski definition) is 4. The zero-order valence-corrected chi connectivity index (χ0v) is 21.3. The summed E-state index contributed by atoms with van der Waals surface area (Å²) in [4.78, 5) is 32.4. The van der Waals surface area contributed by atoms with Crippen molar-refractivity contribution in [2.24, 2.45) is 7.05 Å². The number of carbonyl (C=O) groups is 2. The van der Waals surface area contributed by atoms with Crippen LogP contribution in [0.2, 0.25) is 5.02 Å². The number of piperazine rings is 1. The normalized spacial score (nSPS) is 16.5. The van der Waals surface area contributed by atoms with Gasteiger partial charge in [-0.3, -0.25) is 14.5 Å². The van der Waals surface area contributed by atoms with Gasteiger partial charge in [0.25, 0.3) is 5.91 Å². The number of benzene rings is 2. The maximum atomic E-state index is 13.6. The second-order valence-corrected chi connectivity index (χ2v) is 9.79. The predicted octanol–water partition coefficient (Wildman–Crippen LogP) is 4.58. The van der Waals surface area contributed by atoms with E-state index in [-0.39, 0.29) is 23.5 Å². The number of ketones is 1. The van der Waals surface area contributed by atoms with Gasteiger partial charge in [-0.05, 0) is 36.8 Å². The van der Waals surface area contributed by atoms with Crippen molar-refractivity contribution in [1.29, 1.82) is 0 Å². The van der Waals surface area contributed by atoms with Crippen molar-refractivity contribution in [2.75, 3.05) is 33.7 Å². The Morgan fingerprint density at radius 1 is 1.14 bits per heavy atom. The Morgan fingerprint density at radius 2 is 1.83 bits per heavy atom. The quantitative estimate of drug-likeness (QED) is 0.370. The highest BCUT2D eigenvalue weighted by atomic mass is 35.5. The van der Waals surface area contributed by atoms with E-state index in [1.54, 1.807) is 49.5 Å². The minimum Gasteiger partial charge on any atom is -0.375 e. The Bertz CT molecular complexity index is 1300. The number of likely N-dealkylation sites (N-methyl/N-ethyl adjacent to an activating group) is 1. The number of aromatic nitrogens is 1. The molecule has 0 N–H and O–H groups in total. The van der Waals surface area contributed by atoms with E-state index in [2.05, 4.69) is 11.5 Å². The third-order valence-electron chi connectivity index (χ3n) is 6.65. The molecule has 1 aliphatic heterocycles. The molecule has 6 nitrogen and oxygen atoms in total. The molecule has 0 radical (unpaired) electrons. The van der Waals surface area contributed by atoms with Crippen molar-refractivity contribution in [3.05, 3.63) is 82.4 Å². The van der Waals surface area contributed by atoms with Gasteiger partial charge in [0.15, 0.2) is 0 Å². The molecule has 8 heteroatoms. The van der Waals surface area contributed by atoms with E-state index < -0.39 is 0 Å². The first-order valence-electron chi connectivity index (χ1n) is 11.5.